The number of rotatable bonds is 7. The average Bonchev–Trinajstić information content (AvgIpc) is 2.84. The molecule has 31 heavy (non-hydrogen) atoms. The molecule has 0 spiro atoms. The highest BCUT2D eigenvalue weighted by molar-refractivity contribution is 6.18. The van der Waals surface area contributed by atoms with Crippen LogP contribution in [0, 0.1) is 5.92 Å². The van der Waals surface area contributed by atoms with Gasteiger partial charge in [-0.15, -0.1) is 0 Å². The maximum absolute atomic E-state index is 13.8. The Hall–Kier alpha value is -3.59. The van der Waals surface area contributed by atoms with Gasteiger partial charge in [0.1, 0.15) is 0 Å². The minimum absolute atomic E-state index is 0.0202. The Labute approximate surface area is 182 Å². The summed E-state index contributed by atoms with van der Waals surface area (Å²) < 4.78 is 0. The molecule has 1 unspecified atom stereocenters. The molecule has 0 N–H and O–H groups in total. The van der Waals surface area contributed by atoms with Crippen LogP contribution in [-0.2, 0) is 4.79 Å². The van der Waals surface area contributed by atoms with Gasteiger partial charge in [-0.1, -0.05) is 97.1 Å². The number of allylic oxidation sites excluding steroid dienone is 2. The Kier molecular flexibility index (Phi) is 6.32. The lowest BCUT2D eigenvalue weighted by molar-refractivity contribution is -0.116. The van der Waals surface area contributed by atoms with Gasteiger partial charge in [0.2, 0.25) is 0 Å². The second kappa shape index (κ2) is 9.48. The van der Waals surface area contributed by atoms with Crippen molar-refractivity contribution in [3.8, 4) is 0 Å². The van der Waals surface area contributed by atoms with Crippen LogP contribution in [0.4, 0.5) is 0 Å². The van der Waals surface area contributed by atoms with Gasteiger partial charge in [0.25, 0.3) is 0 Å². The van der Waals surface area contributed by atoms with Crippen LogP contribution in [0.2, 0.25) is 0 Å². The summed E-state index contributed by atoms with van der Waals surface area (Å²) >= 11 is 0. The fourth-order valence-corrected chi connectivity index (χ4v) is 4.28. The normalized spacial score (nSPS) is 14.7. The average molecular weight is 408 g/mol. The number of benzene rings is 3. The third-order valence-electron chi connectivity index (χ3n) is 5.80. The molecule has 1 aliphatic carbocycles. The number of ketones is 3. The topological polar surface area (TPSA) is 51.2 Å². The summed E-state index contributed by atoms with van der Waals surface area (Å²) in [5.74, 6) is -2.13. The highest BCUT2D eigenvalue weighted by Gasteiger charge is 2.40. The van der Waals surface area contributed by atoms with E-state index in [9.17, 15) is 14.4 Å². The zero-order chi connectivity index (χ0) is 21.6. The first-order valence-corrected chi connectivity index (χ1v) is 10.6. The van der Waals surface area contributed by atoms with E-state index in [4.69, 9.17) is 0 Å². The fraction of sp³-hybridized carbons (Fsp3) is 0.179. The molecule has 3 aromatic carbocycles. The van der Waals surface area contributed by atoms with Crippen LogP contribution in [0.3, 0.4) is 0 Å². The number of hydrogen-bond acceptors (Lipinski definition) is 3. The summed E-state index contributed by atoms with van der Waals surface area (Å²) in [6, 6.07) is 27.2. The van der Waals surface area contributed by atoms with Crippen LogP contribution in [0.25, 0.3) is 0 Å². The van der Waals surface area contributed by atoms with Crippen molar-refractivity contribution >= 4 is 17.3 Å². The molecule has 4 rings (SSSR count). The van der Waals surface area contributed by atoms with Gasteiger partial charge in [-0.25, -0.2) is 0 Å². The summed E-state index contributed by atoms with van der Waals surface area (Å²) in [6.07, 6.45) is 3.94. The van der Waals surface area contributed by atoms with Crippen molar-refractivity contribution in [3.05, 3.63) is 119 Å². The van der Waals surface area contributed by atoms with E-state index >= 15 is 0 Å². The lowest BCUT2D eigenvalue weighted by Gasteiger charge is -2.29. The quantitative estimate of drug-likeness (QED) is 0.365. The molecular weight excluding hydrogens is 384 g/mol. The number of carbonyl (C=O) groups is 3. The zero-order valence-electron chi connectivity index (χ0n) is 17.2. The predicted molar refractivity (Wildman–Crippen MR) is 121 cm³/mol. The third kappa shape index (κ3) is 4.46. The lowest BCUT2D eigenvalue weighted by atomic mass is 9.71. The summed E-state index contributed by atoms with van der Waals surface area (Å²) in [7, 11) is 0. The van der Waals surface area contributed by atoms with Crippen molar-refractivity contribution in [2.24, 2.45) is 5.92 Å². The first-order chi connectivity index (χ1) is 15.2. The second-order valence-corrected chi connectivity index (χ2v) is 7.80. The molecule has 0 saturated heterocycles. The van der Waals surface area contributed by atoms with Crippen molar-refractivity contribution in [3.63, 3.8) is 0 Å². The molecule has 0 heterocycles. The van der Waals surface area contributed by atoms with Crippen LogP contribution in [0.5, 0.6) is 0 Å². The summed E-state index contributed by atoms with van der Waals surface area (Å²) in [6.45, 7) is 0. The molecule has 154 valence electrons. The maximum Gasteiger partial charge on any atom is 0.174 e. The van der Waals surface area contributed by atoms with Crippen LogP contribution < -0.4 is 0 Å². The standard InChI is InChI=1S/C28H24O3/c29-24-19-11-10-18-23(24)25(20-12-4-1-5-13-20)26(27(30)21-14-6-2-7-15-21)28(31)22-16-8-3-9-17-22/h1-9,12-18,25-26H,10-11,19H2. The molecule has 1 aliphatic rings. The van der Waals surface area contributed by atoms with E-state index < -0.39 is 11.8 Å². The smallest absolute Gasteiger partial charge is 0.174 e. The Morgan fingerprint density at radius 2 is 1.16 bits per heavy atom. The van der Waals surface area contributed by atoms with E-state index in [2.05, 4.69) is 0 Å². The van der Waals surface area contributed by atoms with Gasteiger partial charge in [-0.2, -0.15) is 0 Å². The maximum atomic E-state index is 13.8. The second-order valence-electron chi connectivity index (χ2n) is 7.80. The molecule has 0 aromatic heterocycles. The summed E-state index contributed by atoms with van der Waals surface area (Å²) in [4.78, 5) is 40.5. The van der Waals surface area contributed by atoms with Crippen molar-refractivity contribution < 1.29 is 14.4 Å². The first-order valence-electron chi connectivity index (χ1n) is 10.6. The monoisotopic (exact) mass is 408 g/mol. The largest absolute Gasteiger partial charge is 0.295 e. The predicted octanol–water partition coefficient (Wildman–Crippen LogP) is 5.83. The van der Waals surface area contributed by atoms with Crippen molar-refractivity contribution in [2.75, 3.05) is 0 Å². The zero-order valence-corrected chi connectivity index (χ0v) is 17.2. The van der Waals surface area contributed by atoms with E-state index in [0.29, 0.717) is 23.1 Å². The molecule has 0 fully saturated rings. The van der Waals surface area contributed by atoms with Crippen LogP contribution in [0.15, 0.2) is 103 Å². The molecule has 3 aromatic rings. The fourth-order valence-electron chi connectivity index (χ4n) is 4.28. The Morgan fingerprint density at radius 1 is 0.677 bits per heavy atom. The van der Waals surface area contributed by atoms with Gasteiger partial charge in [0.15, 0.2) is 17.3 Å². The molecule has 0 saturated carbocycles. The van der Waals surface area contributed by atoms with Crippen molar-refractivity contribution in [1.29, 1.82) is 0 Å². The Morgan fingerprint density at radius 3 is 1.65 bits per heavy atom. The lowest BCUT2D eigenvalue weighted by Crippen LogP contribution is -2.34. The minimum atomic E-state index is -1.01. The molecule has 3 heteroatoms. The summed E-state index contributed by atoms with van der Waals surface area (Å²) in [5, 5.41) is 0. The number of carbonyl (C=O) groups excluding carboxylic acids is 3. The van der Waals surface area contributed by atoms with Crippen molar-refractivity contribution in [1.82, 2.24) is 0 Å². The van der Waals surface area contributed by atoms with E-state index in [1.807, 2.05) is 48.5 Å². The van der Waals surface area contributed by atoms with Gasteiger partial charge in [0, 0.05) is 23.5 Å². The molecular formula is C28H24O3. The molecule has 0 radical (unpaired) electrons. The number of Topliss-reactive ketones (excluding diaryl/α,β-unsaturated/α-hetero) is 3. The van der Waals surface area contributed by atoms with Crippen LogP contribution in [-0.4, -0.2) is 17.3 Å². The molecule has 0 bridgehead atoms. The van der Waals surface area contributed by atoms with Gasteiger partial charge < -0.3 is 0 Å². The molecule has 3 nitrogen and oxygen atoms in total. The van der Waals surface area contributed by atoms with E-state index in [1.54, 1.807) is 48.5 Å². The molecule has 0 amide bonds. The Balaban J connectivity index is 1.89. The van der Waals surface area contributed by atoms with Gasteiger partial charge in [-0.3, -0.25) is 14.4 Å². The minimum Gasteiger partial charge on any atom is -0.295 e. The Bertz CT molecular complexity index is 1050. The SMILES string of the molecule is O=C1CCCC=C1C(c1ccccc1)C(C(=O)c1ccccc1)C(=O)c1ccccc1. The van der Waals surface area contributed by atoms with Gasteiger partial charge in [0.05, 0.1) is 5.92 Å². The van der Waals surface area contributed by atoms with E-state index in [0.717, 1.165) is 18.4 Å². The van der Waals surface area contributed by atoms with Gasteiger partial charge >= 0.3 is 0 Å². The first kappa shape index (κ1) is 20.7. The van der Waals surface area contributed by atoms with Gasteiger partial charge in [-0.05, 0) is 24.0 Å². The highest BCUT2D eigenvalue weighted by Crippen LogP contribution is 2.39. The van der Waals surface area contributed by atoms with Crippen molar-refractivity contribution in [2.45, 2.75) is 25.2 Å². The van der Waals surface area contributed by atoms with E-state index in [-0.39, 0.29) is 17.3 Å². The molecule has 0 aliphatic heterocycles. The van der Waals surface area contributed by atoms with Crippen LogP contribution >= 0.6 is 0 Å². The summed E-state index contributed by atoms with van der Waals surface area (Å²) in [5.41, 5.74) is 2.33. The van der Waals surface area contributed by atoms with E-state index in [1.165, 1.54) is 0 Å². The molecule has 1 atom stereocenters. The van der Waals surface area contributed by atoms with Crippen LogP contribution in [0.1, 0.15) is 51.5 Å². The third-order valence-corrected chi connectivity index (χ3v) is 5.80. The highest BCUT2D eigenvalue weighted by atomic mass is 16.2. The number of hydrogen-bond donors (Lipinski definition) is 0.